The van der Waals surface area contributed by atoms with Gasteiger partial charge in [-0.1, -0.05) is 36.7 Å². The molecule has 0 heterocycles. The van der Waals surface area contributed by atoms with E-state index in [1.54, 1.807) is 6.07 Å². The van der Waals surface area contributed by atoms with E-state index in [2.05, 4.69) is 42.0 Å². The van der Waals surface area contributed by atoms with Crippen LogP contribution >= 0.6 is 15.9 Å². The molecule has 0 unspecified atom stereocenters. The molecule has 0 aliphatic heterocycles. The van der Waals surface area contributed by atoms with Gasteiger partial charge in [0.05, 0.1) is 0 Å². The second kappa shape index (κ2) is 6.41. The Hall–Kier alpha value is -0.540. The van der Waals surface area contributed by atoms with Crippen LogP contribution in [0.2, 0.25) is 0 Å². The Morgan fingerprint density at radius 1 is 1.18 bits per heavy atom. The summed E-state index contributed by atoms with van der Waals surface area (Å²) in [7, 11) is 0. The highest BCUT2D eigenvalue weighted by Gasteiger charge is 2.22. The first kappa shape index (κ1) is 14.5. The highest BCUT2D eigenvalue weighted by atomic mass is 79.9. The van der Waals surface area contributed by atoms with Crippen LogP contribution in [0.4, 0.5) is 0 Å². The molecule has 1 aromatic carbocycles. The Kier molecular flexibility index (Phi) is 5.47. The summed E-state index contributed by atoms with van der Waals surface area (Å²) >= 11 is 3.43. The summed E-state index contributed by atoms with van der Waals surface area (Å²) in [6.45, 7) is 7.34. The lowest BCUT2D eigenvalue weighted by atomic mass is 9.89. The fourth-order valence-corrected chi connectivity index (χ4v) is 2.51. The molecule has 0 aromatic heterocycles. The molecule has 2 nitrogen and oxygen atoms in total. The van der Waals surface area contributed by atoms with E-state index in [1.807, 2.05) is 12.1 Å². The lowest BCUT2D eigenvalue weighted by Crippen LogP contribution is -2.43. The van der Waals surface area contributed by atoms with Crippen molar-refractivity contribution in [3.05, 3.63) is 28.2 Å². The lowest BCUT2D eigenvalue weighted by Gasteiger charge is -2.32. The summed E-state index contributed by atoms with van der Waals surface area (Å²) in [6.07, 6.45) is 3.32. The third-order valence-corrected chi connectivity index (χ3v) is 4.22. The molecule has 0 atom stereocenters. The zero-order chi connectivity index (χ0) is 12.9. The molecule has 0 aliphatic rings. The largest absolute Gasteiger partial charge is 0.508 e. The molecule has 0 spiro atoms. The molecule has 2 N–H and O–H groups in total. The SMILES string of the molecule is CCC(CC)(CC)NCc1cc(Br)ccc1O. The van der Waals surface area contributed by atoms with E-state index in [0.717, 1.165) is 29.3 Å². The molecular formula is C14H22BrNO. The Bertz CT molecular complexity index is 353. The van der Waals surface area contributed by atoms with Crippen LogP contribution in [0.3, 0.4) is 0 Å². The summed E-state index contributed by atoms with van der Waals surface area (Å²) in [5, 5.41) is 13.4. The van der Waals surface area contributed by atoms with Gasteiger partial charge in [-0.2, -0.15) is 0 Å². The van der Waals surface area contributed by atoms with E-state index >= 15 is 0 Å². The fraction of sp³-hybridized carbons (Fsp3) is 0.571. The maximum absolute atomic E-state index is 9.79. The Labute approximate surface area is 113 Å². The van der Waals surface area contributed by atoms with Gasteiger partial charge in [-0.15, -0.1) is 0 Å². The molecule has 0 amide bonds. The molecule has 0 radical (unpaired) electrons. The average molecular weight is 300 g/mol. The maximum Gasteiger partial charge on any atom is 0.120 e. The van der Waals surface area contributed by atoms with Gasteiger partial charge in [-0.3, -0.25) is 0 Å². The number of halogens is 1. The molecule has 0 aliphatic carbocycles. The van der Waals surface area contributed by atoms with Crippen LogP contribution in [-0.2, 0) is 6.54 Å². The number of rotatable bonds is 6. The topological polar surface area (TPSA) is 32.3 Å². The molecule has 17 heavy (non-hydrogen) atoms. The van der Waals surface area contributed by atoms with Crippen molar-refractivity contribution in [2.45, 2.75) is 52.1 Å². The first-order valence-corrected chi connectivity index (χ1v) is 7.08. The molecular weight excluding hydrogens is 278 g/mol. The molecule has 0 fully saturated rings. The highest BCUT2D eigenvalue weighted by Crippen LogP contribution is 2.24. The van der Waals surface area contributed by atoms with Crippen LogP contribution in [0, 0.1) is 0 Å². The van der Waals surface area contributed by atoms with Crippen molar-refractivity contribution in [3.8, 4) is 5.75 Å². The van der Waals surface area contributed by atoms with Crippen molar-refractivity contribution in [1.29, 1.82) is 0 Å². The average Bonchev–Trinajstić information content (AvgIpc) is 2.35. The number of phenols is 1. The Morgan fingerprint density at radius 2 is 1.76 bits per heavy atom. The summed E-state index contributed by atoms with van der Waals surface area (Å²) in [4.78, 5) is 0. The van der Waals surface area contributed by atoms with Crippen LogP contribution in [0.1, 0.15) is 45.6 Å². The van der Waals surface area contributed by atoms with E-state index < -0.39 is 0 Å². The number of aromatic hydroxyl groups is 1. The van der Waals surface area contributed by atoms with Gasteiger partial charge in [0.2, 0.25) is 0 Å². The van der Waals surface area contributed by atoms with Gasteiger partial charge in [0.15, 0.2) is 0 Å². The van der Waals surface area contributed by atoms with Gasteiger partial charge in [0, 0.05) is 22.1 Å². The summed E-state index contributed by atoms with van der Waals surface area (Å²) in [6, 6.07) is 5.55. The number of benzene rings is 1. The molecule has 0 saturated carbocycles. The second-order valence-corrected chi connectivity index (χ2v) is 5.38. The van der Waals surface area contributed by atoms with E-state index in [-0.39, 0.29) is 5.54 Å². The van der Waals surface area contributed by atoms with Crippen LogP contribution in [0.15, 0.2) is 22.7 Å². The second-order valence-electron chi connectivity index (χ2n) is 4.47. The highest BCUT2D eigenvalue weighted by molar-refractivity contribution is 9.10. The first-order valence-electron chi connectivity index (χ1n) is 6.29. The van der Waals surface area contributed by atoms with Crippen molar-refractivity contribution in [3.63, 3.8) is 0 Å². The molecule has 1 rings (SSSR count). The van der Waals surface area contributed by atoms with E-state index in [0.29, 0.717) is 12.3 Å². The monoisotopic (exact) mass is 299 g/mol. The third-order valence-electron chi connectivity index (χ3n) is 3.73. The van der Waals surface area contributed by atoms with Crippen molar-refractivity contribution in [2.75, 3.05) is 0 Å². The minimum Gasteiger partial charge on any atom is -0.508 e. The zero-order valence-corrected chi connectivity index (χ0v) is 12.5. The van der Waals surface area contributed by atoms with Gasteiger partial charge in [0.25, 0.3) is 0 Å². The first-order chi connectivity index (χ1) is 8.06. The predicted octanol–water partition coefficient (Wildman–Crippen LogP) is 4.21. The maximum atomic E-state index is 9.79. The molecule has 3 heteroatoms. The summed E-state index contributed by atoms with van der Waals surface area (Å²) < 4.78 is 1.00. The molecule has 0 saturated heterocycles. The third kappa shape index (κ3) is 3.71. The number of hydrogen-bond acceptors (Lipinski definition) is 2. The van der Waals surface area contributed by atoms with E-state index in [1.165, 1.54) is 0 Å². The van der Waals surface area contributed by atoms with Crippen LogP contribution in [0.25, 0.3) is 0 Å². The molecule has 0 bridgehead atoms. The van der Waals surface area contributed by atoms with E-state index in [9.17, 15) is 5.11 Å². The van der Waals surface area contributed by atoms with Crippen LogP contribution in [0.5, 0.6) is 5.75 Å². The van der Waals surface area contributed by atoms with Crippen molar-refractivity contribution < 1.29 is 5.11 Å². The van der Waals surface area contributed by atoms with Crippen LogP contribution < -0.4 is 5.32 Å². The van der Waals surface area contributed by atoms with E-state index in [4.69, 9.17) is 0 Å². The van der Waals surface area contributed by atoms with Crippen LogP contribution in [-0.4, -0.2) is 10.6 Å². The molecule has 96 valence electrons. The van der Waals surface area contributed by atoms with Gasteiger partial charge in [0.1, 0.15) is 5.75 Å². The van der Waals surface area contributed by atoms with Gasteiger partial charge >= 0.3 is 0 Å². The summed E-state index contributed by atoms with van der Waals surface area (Å²) in [5.41, 5.74) is 1.13. The van der Waals surface area contributed by atoms with Crippen molar-refractivity contribution in [1.82, 2.24) is 5.32 Å². The predicted molar refractivity (Wildman–Crippen MR) is 76.3 cm³/mol. The molecule has 1 aromatic rings. The minimum absolute atomic E-state index is 0.189. The van der Waals surface area contributed by atoms with Gasteiger partial charge in [-0.25, -0.2) is 0 Å². The smallest absolute Gasteiger partial charge is 0.120 e. The van der Waals surface area contributed by atoms with Crippen molar-refractivity contribution >= 4 is 15.9 Å². The number of phenolic OH excluding ortho intramolecular Hbond substituents is 1. The lowest BCUT2D eigenvalue weighted by molar-refractivity contribution is 0.286. The number of nitrogens with one attached hydrogen (secondary N) is 1. The van der Waals surface area contributed by atoms with Crippen molar-refractivity contribution in [2.24, 2.45) is 0 Å². The standard InChI is InChI=1S/C14H22BrNO/c1-4-14(5-2,6-3)16-10-11-9-12(15)7-8-13(11)17/h7-9,16-17H,4-6,10H2,1-3H3. The quantitative estimate of drug-likeness (QED) is 0.824. The minimum atomic E-state index is 0.189. The normalized spacial score (nSPS) is 11.8. The Balaban J connectivity index is 2.75. The zero-order valence-electron chi connectivity index (χ0n) is 10.9. The van der Waals surface area contributed by atoms with Gasteiger partial charge < -0.3 is 10.4 Å². The summed E-state index contributed by atoms with van der Waals surface area (Å²) in [5.74, 6) is 0.359. The fourth-order valence-electron chi connectivity index (χ4n) is 2.10. The number of hydrogen-bond donors (Lipinski definition) is 2. The van der Waals surface area contributed by atoms with Gasteiger partial charge in [-0.05, 0) is 37.5 Å². The Morgan fingerprint density at radius 3 is 2.29 bits per heavy atom.